The van der Waals surface area contributed by atoms with E-state index in [1.807, 2.05) is 32.0 Å². The Balaban J connectivity index is 1.75. The van der Waals surface area contributed by atoms with Crippen LogP contribution in [0.2, 0.25) is 0 Å². The number of non-ortho nitro benzene ring substituents is 1. The molecule has 0 aliphatic carbocycles. The monoisotopic (exact) mass is 450 g/mol. The highest BCUT2D eigenvalue weighted by Gasteiger charge is 2.35. The molecule has 3 rings (SSSR count). The maximum Gasteiger partial charge on any atom is 0.418 e. The number of aromatic nitrogens is 2. The number of alkyl halides is 3. The van der Waals surface area contributed by atoms with E-state index in [1.165, 1.54) is 0 Å². The fourth-order valence-corrected chi connectivity index (χ4v) is 3.73. The second-order valence-corrected chi connectivity index (χ2v) is 7.63. The summed E-state index contributed by atoms with van der Waals surface area (Å²) in [5.41, 5.74) is 0.442. The fraction of sp³-hybridized carbons (Fsp3) is 0.200. The Morgan fingerprint density at radius 3 is 2.61 bits per heavy atom. The number of amides is 1. The minimum atomic E-state index is -4.86. The first kappa shape index (κ1) is 22.3. The second kappa shape index (κ2) is 8.80. The number of nitro groups is 1. The molecule has 0 saturated carbocycles. The van der Waals surface area contributed by atoms with E-state index in [1.54, 1.807) is 17.0 Å². The van der Waals surface area contributed by atoms with E-state index in [4.69, 9.17) is 0 Å². The zero-order valence-electron chi connectivity index (χ0n) is 16.4. The lowest BCUT2D eigenvalue weighted by Gasteiger charge is -2.14. The molecule has 3 aromatic rings. The van der Waals surface area contributed by atoms with Crippen LogP contribution in [0.15, 0.2) is 53.9 Å². The lowest BCUT2D eigenvalue weighted by molar-refractivity contribution is -0.385. The van der Waals surface area contributed by atoms with Gasteiger partial charge in [0, 0.05) is 24.5 Å². The minimum absolute atomic E-state index is 0.198. The molecule has 1 aromatic heterocycles. The molecule has 0 unspecified atom stereocenters. The van der Waals surface area contributed by atoms with Gasteiger partial charge in [0.2, 0.25) is 5.91 Å². The molecule has 31 heavy (non-hydrogen) atoms. The largest absolute Gasteiger partial charge is 0.418 e. The highest BCUT2D eigenvalue weighted by Crippen LogP contribution is 2.37. The standard InChI is InChI=1S/C20H17F3N4O3S/c1-12-3-6-17(13(2)9-12)26-8-7-24-19(26)31-11-18(28)25-16-5-4-14(27(29)30)10-15(16)20(21,22)23/h3-10H,11H2,1-2H3,(H,25,28). The molecular formula is C20H17F3N4O3S. The molecule has 0 atom stereocenters. The highest BCUT2D eigenvalue weighted by molar-refractivity contribution is 7.99. The van der Waals surface area contributed by atoms with Crippen molar-refractivity contribution in [2.24, 2.45) is 0 Å². The number of imidazole rings is 1. The first-order valence-corrected chi connectivity index (χ1v) is 9.94. The van der Waals surface area contributed by atoms with Crippen LogP contribution >= 0.6 is 11.8 Å². The van der Waals surface area contributed by atoms with Crippen LogP contribution in [0.3, 0.4) is 0 Å². The number of nitro benzene ring substituents is 1. The summed E-state index contributed by atoms with van der Waals surface area (Å²) in [7, 11) is 0. The summed E-state index contributed by atoms with van der Waals surface area (Å²) >= 11 is 1.06. The van der Waals surface area contributed by atoms with Gasteiger partial charge in [0.1, 0.15) is 0 Å². The van der Waals surface area contributed by atoms with Crippen molar-refractivity contribution in [1.82, 2.24) is 9.55 Å². The summed E-state index contributed by atoms with van der Waals surface area (Å²) in [6.07, 6.45) is -1.56. The lowest BCUT2D eigenvalue weighted by atomic mass is 10.1. The van der Waals surface area contributed by atoms with Crippen molar-refractivity contribution >= 4 is 29.0 Å². The molecule has 0 spiro atoms. The first-order valence-electron chi connectivity index (χ1n) is 8.95. The van der Waals surface area contributed by atoms with Gasteiger partial charge in [-0.3, -0.25) is 19.5 Å². The number of anilines is 1. The zero-order valence-corrected chi connectivity index (χ0v) is 17.3. The number of benzene rings is 2. The number of hydrogen-bond donors (Lipinski definition) is 1. The van der Waals surface area contributed by atoms with Gasteiger partial charge in [0.15, 0.2) is 5.16 Å². The lowest BCUT2D eigenvalue weighted by Crippen LogP contribution is -2.18. The van der Waals surface area contributed by atoms with Crippen molar-refractivity contribution in [3.05, 3.63) is 75.6 Å². The molecule has 7 nitrogen and oxygen atoms in total. The topological polar surface area (TPSA) is 90.1 Å². The summed E-state index contributed by atoms with van der Waals surface area (Å²) in [5, 5.41) is 13.5. The number of thioether (sulfide) groups is 1. The second-order valence-electron chi connectivity index (χ2n) is 6.69. The summed E-state index contributed by atoms with van der Waals surface area (Å²) in [6, 6.07) is 8.05. The van der Waals surface area contributed by atoms with Crippen LogP contribution in [0.25, 0.3) is 5.69 Å². The highest BCUT2D eigenvalue weighted by atomic mass is 32.2. The summed E-state index contributed by atoms with van der Waals surface area (Å²) in [6.45, 7) is 3.91. The van der Waals surface area contributed by atoms with Crippen LogP contribution in [0.1, 0.15) is 16.7 Å². The number of nitrogens with one attached hydrogen (secondary N) is 1. The van der Waals surface area contributed by atoms with E-state index in [9.17, 15) is 28.1 Å². The Kier molecular flexibility index (Phi) is 6.34. The molecule has 1 N–H and O–H groups in total. The number of aryl methyl sites for hydroxylation is 2. The molecule has 1 amide bonds. The maximum absolute atomic E-state index is 13.3. The van der Waals surface area contributed by atoms with Crippen molar-refractivity contribution in [3.8, 4) is 5.69 Å². The van der Waals surface area contributed by atoms with E-state index in [0.717, 1.165) is 40.7 Å². The van der Waals surface area contributed by atoms with Crippen molar-refractivity contribution in [2.75, 3.05) is 11.1 Å². The Bertz CT molecular complexity index is 1140. The van der Waals surface area contributed by atoms with Gasteiger partial charge >= 0.3 is 6.18 Å². The van der Waals surface area contributed by atoms with Gasteiger partial charge in [-0.05, 0) is 31.5 Å². The van der Waals surface area contributed by atoms with Crippen molar-refractivity contribution in [3.63, 3.8) is 0 Å². The van der Waals surface area contributed by atoms with Crippen LogP contribution in [0, 0.1) is 24.0 Å². The van der Waals surface area contributed by atoms with Crippen LogP contribution in [0.4, 0.5) is 24.5 Å². The number of carbonyl (C=O) groups is 1. The molecule has 0 fully saturated rings. The fourth-order valence-electron chi connectivity index (χ4n) is 2.96. The Hall–Kier alpha value is -3.34. The molecule has 1 heterocycles. The van der Waals surface area contributed by atoms with Crippen LogP contribution in [0.5, 0.6) is 0 Å². The third-order valence-corrected chi connectivity index (χ3v) is 5.31. The van der Waals surface area contributed by atoms with Gasteiger partial charge in [0.25, 0.3) is 5.69 Å². The third-order valence-electron chi connectivity index (χ3n) is 4.34. The third kappa shape index (κ3) is 5.23. The molecule has 0 saturated heterocycles. The summed E-state index contributed by atoms with van der Waals surface area (Å²) in [4.78, 5) is 26.4. The molecule has 11 heteroatoms. The normalized spacial score (nSPS) is 11.4. The summed E-state index contributed by atoms with van der Waals surface area (Å²) in [5.74, 6) is -0.893. The van der Waals surface area contributed by atoms with Crippen LogP contribution < -0.4 is 5.32 Å². The van der Waals surface area contributed by atoms with E-state index >= 15 is 0 Å². The van der Waals surface area contributed by atoms with Crippen LogP contribution in [-0.4, -0.2) is 26.1 Å². The molecule has 0 aliphatic heterocycles. The van der Waals surface area contributed by atoms with E-state index < -0.39 is 33.9 Å². The van der Waals surface area contributed by atoms with Gasteiger partial charge in [-0.1, -0.05) is 29.5 Å². The Morgan fingerprint density at radius 1 is 1.23 bits per heavy atom. The van der Waals surface area contributed by atoms with E-state index in [2.05, 4.69) is 10.3 Å². The number of carbonyl (C=O) groups excluding carboxylic acids is 1. The quantitative estimate of drug-likeness (QED) is 0.319. The Labute approximate surface area is 179 Å². The predicted molar refractivity (Wildman–Crippen MR) is 110 cm³/mol. The predicted octanol–water partition coefficient (Wildman–Crippen LogP) is 5.15. The smallest absolute Gasteiger partial charge is 0.325 e. The number of rotatable bonds is 6. The van der Waals surface area contributed by atoms with Crippen molar-refractivity contribution in [2.45, 2.75) is 25.2 Å². The molecule has 0 bridgehead atoms. The number of nitrogens with zero attached hydrogens (tertiary/aromatic N) is 3. The van der Waals surface area contributed by atoms with Gasteiger partial charge in [-0.2, -0.15) is 13.2 Å². The molecule has 0 aliphatic rings. The average molecular weight is 450 g/mol. The minimum Gasteiger partial charge on any atom is -0.325 e. The number of halogens is 3. The van der Waals surface area contributed by atoms with E-state index in [-0.39, 0.29) is 5.75 Å². The van der Waals surface area contributed by atoms with Gasteiger partial charge < -0.3 is 5.32 Å². The van der Waals surface area contributed by atoms with Gasteiger partial charge in [-0.15, -0.1) is 0 Å². The molecular weight excluding hydrogens is 433 g/mol. The van der Waals surface area contributed by atoms with Crippen molar-refractivity contribution in [1.29, 1.82) is 0 Å². The average Bonchev–Trinajstić information content (AvgIpc) is 3.14. The SMILES string of the molecule is Cc1ccc(-n2ccnc2SCC(=O)Nc2ccc([N+](=O)[O-])cc2C(F)(F)F)c(C)c1. The van der Waals surface area contributed by atoms with Gasteiger partial charge in [-0.25, -0.2) is 4.98 Å². The Morgan fingerprint density at radius 2 is 1.97 bits per heavy atom. The first-order chi connectivity index (χ1) is 14.6. The number of hydrogen-bond acceptors (Lipinski definition) is 5. The summed E-state index contributed by atoms with van der Waals surface area (Å²) < 4.78 is 41.6. The molecule has 2 aromatic carbocycles. The van der Waals surface area contributed by atoms with Crippen LogP contribution in [-0.2, 0) is 11.0 Å². The molecule has 162 valence electrons. The van der Waals surface area contributed by atoms with E-state index in [0.29, 0.717) is 11.2 Å². The maximum atomic E-state index is 13.3. The van der Waals surface area contributed by atoms with Gasteiger partial charge in [0.05, 0.1) is 27.6 Å². The molecule has 0 radical (unpaired) electrons. The van der Waals surface area contributed by atoms with Crippen molar-refractivity contribution < 1.29 is 22.9 Å². The zero-order chi connectivity index (χ0) is 22.8.